The van der Waals surface area contributed by atoms with Crippen molar-refractivity contribution in [3.8, 4) is 0 Å². The standard InChI is InChI=1S/C15H23N/c1-9-6-10(2)15(11(3)7-9)13-8-14(16-5)12(13)4/h6-7,12-14,16H,8H2,1-5H3. The van der Waals surface area contributed by atoms with Crippen LogP contribution in [0.3, 0.4) is 0 Å². The second-order valence-electron chi connectivity index (χ2n) is 5.41. The first-order valence-electron chi connectivity index (χ1n) is 6.29. The van der Waals surface area contributed by atoms with Gasteiger partial charge in [-0.15, -0.1) is 0 Å². The summed E-state index contributed by atoms with van der Waals surface area (Å²) in [6.07, 6.45) is 1.29. The van der Waals surface area contributed by atoms with E-state index in [4.69, 9.17) is 0 Å². The van der Waals surface area contributed by atoms with Crippen molar-refractivity contribution in [1.82, 2.24) is 5.32 Å². The van der Waals surface area contributed by atoms with E-state index >= 15 is 0 Å². The zero-order valence-electron chi connectivity index (χ0n) is 11.1. The molecule has 16 heavy (non-hydrogen) atoms. The predicted octanol–water partition coefficient (Wildman–Crippen LogP) is 3.32. The Bertz CT molecular complexity index is 371. The summed E-state index contributed by atoms with van der Waals surface area (Å²) in [7, 11) is 2.08. The van der Waals surface area contributed by atoms with Gasteiger partial charge in [0.1, 0.15) is 0 Å². The molecule has 1 aromatic carbocycles. The molecule has 0 bridgehead atoms. The lowest BCUT2D eigenvalue weighted by Crippen LogP contribution is -2.46. The number of aryl methyl sites for hydroxylation is 3. The van der Waals surface area contributed by atoms with Crippen LogP contribution in [0, 0.1) is 26.7 Å². The van der Waals surface area contributed by atoms with Gasteiger partial charge in [-0.1, -0.05) is 24.6 Å². The molecule has 0 aliphatic heterocycles. The molecule has 1 heteroatoms. The Kier molecular flexibility index (Phi) is 3.07. The number of benzene rings is 1. The molecule has 0 radical (unpaired) electrons. The molecule has 2 rings (SSSR count). The topological polar surface area (TPSA) is 12.0 Å². The summed E-state index contributed by atoms with van der Waals surface area (Å²) in [4.78, 5) is 0. The molecular weight excluding hydrogens is 194 g/mol. The van der Waals surface area contributed by atoms with E-state index in [1.165, 1.54) is 23.1 Å². The Morgan fingerprint density at radius 3 is 2.12 bits per heavy atom. The molecule has 1 nitrogen and oxygen atoms in total. The third-order valence-electron chi connectivity index (χ3n) is 4.26. The fourth-order valence-corrected chi connectivity index (χ4v) is 3.32. The number of nitrogens with one attached hydrogen (secondary N) is 1. The van der Waals surface area contributed by atoms with Gasteiger partial charge in [-0.3, -0.25) is 0 Å². The van der Waals surface area contributed by atoms with Gasteiger partial charge >= 0.3 is 0 Å². The Morgan fingerprint density at radius 1 is 1.12 bits per heavy atom. The fourth-order valence-electron chi connectivity index (χ4n) is 3.32. The second kappa shape index (κ2) is 4.21. The third-order valence-corrected chi connectivity index (χ3v) is 4.26. The maximum atomic E-state index is 3.40. The van der Waals surface area contributed by atoms with Gasteiger partial charge < -0.3 is 5.32 Å². The molecular formula is C15H23N. The monoisotopic (exact) mass is 217 g/mol. The van der Waals surface area contributed by atoms with Crippen molar-refractivity contribution in [2.24, 2.45) is 5.92 Å². The molecule has 1 fully saturated rings. The molecule has 1 N–H and O–H groups in total. The third kappa shape index (κ3) is 1.78. The van der Waals surface area contributed by atoms with Crippen LogP contribution in [0.25, 0.3) is 0 Å². The molecule has 1 saturated carbocycles. The van der Waals surface area contributed by atoms with Crippen LogP contribution in [-0.2, 0) is 0 Å². The summed E-state index contributed by atoms with van der Waals surface area (Å²) in [6.45, 7) is 9.07. The minimum absolute atomic E-state index is 0.713. The highest BCUT2D eigenvalue weighted by atomic mass is 14.9. The maximum absolute atomic E-state index is 3.40. The molecule has 0 saturated heterocycles. The van der Waals surface area contributed by atoms with E-state index in [0.29, 0.717) is 6.04 Å². The fraction of sp³-hybridized carbons (Fsp3) is 0.600. The molecule has 0 amide bonds. The van der Waals surface area contributed by atoms with Gasteiger partial charge in [-0.2, -0.15) is 0 Å². The first kappa shape index (κ1) is 11.7. The van der Waals surface area contributed by atoms with Crippen LogP contribution in [0.15, 0.2) is 12.1 Å². The van der Waals surface area contributed by atoms with Crippen LogP contribution in [0.5, 0.6) is 0 Å². The summed E-state index contributed by atoms with van der Waals surface area (Å²) in [6, 6.07) is 5.36. The molecule has 0 spiro atoms. The van der Waals surface area contributed by atoms with Crippen molar-refractivity contribution in [2.75, 3.05) is 7.05 Å². The van der Waals surface area contributed by atoms with Gasteiger partial charge in [0.25, 0.3) is 0 Å². The maximum Gasteiger partial charge on any atom is 0.0101 e. The minimum Gasteiger partial charge on any atom is -0.317 e. The van der Waals surface area contributed by atoms with Crippen molar-refractivity contribution in [3.05, 3.63) is 34.4 Å². The number of hydrogen-bond donors (Lipinski definition) is 1. The van der Waals surface area contributed by atoms with Crippen molar-refractivity contribution in [1.29, 1.82) is 0 Å². The highest BCUT2D eigenvalue weighted by Gasteiger charge is 2.38. The average molecular weight is 217 g/mol. The first-order chi connectivity index (χ1) is 7.54. The molecule has 1 aromatic rings. The van der Waals surface area contributed by atoms with Gasteiger partial charge in [-0.05, 0) is 62.8 Å². The van der Waals surface area contributed by atoms with E-state index in [2.05, 4.69) is 52.2 Å². The van der Waals surface area contributed by atoms with Crippen LogP contribution in [0.2, 0.25) is 0 Å². The normalized spacial score (nSPS) is 28.9. The van der Waals surface area contributed by atoms with Gasteiger partial charge in [-0.25, -0.2) is 0 Å². The minimum atomic E-state index is 0.713. The zero-order chi connectivity index (χ0) is 11.9. The molecule has 3 atom stereocenters. The van der Waals surface area contributed by atoms with Gasteiger partial charge in [0.2, 0.25) is 0 Å². The highest BCUT2D eigenvalue weighted by molar-refractivity contribution is 5.41. The zero-order valence-corrected chi connectivity index (χ0v) is 11.1. The molecule has 0 heterocycles. The van der Waals surface area contributed by atoms with Crippen LogP contribution < -0.4 is 5.32 Å². The molecule has 1 aliphatic carbocycles. The van der Waals surface area contributed by atoms with E-state index in [0.717, 1.165) is 11.8 Å². The predicted molar refractivity (Wildman–Crippen MR) is 70.0 cm³/mol. The Hall–Kier alpha value is -0.820. The summed E-state index contributed by atoms with van der Waals surface area (Å²) >= 11 is 0. The second-order valence-corrected chi connectivity index (χ2v) is 5.41. The van der Waals surface area contributed by atoms with E-state index in [1.54, 1.807) is 5.56 Å². The SMILES string of the molecule is CNC1CC(c2c(C)cc(C)cc2C)C1C. The van der Waals surface area contributed by atoms with Crippen LogP contribution in [-0.4, -0.2) is 13.1 Å². The summed E-state index contributed by atoms with van der Waals surface area (Å²) < 4.78 is 0. The first-order valence-corrected chi connectivity index (χ1v) is 6.29. The van der Waals surface area contributed by atoms with Crippen molar-refractivity contribution < 1.29 is 0 Å². The van der Waals surface area contributed by atoms with Gasteiger partial charge in [0, 0.05) is 6.04 Å². The summed E-state index contributed by atoms with van der Waals surface area (Å²) in [5.41, 5.74) is 5.94. The summed E-state index contributed by atoms with van der Waals surface area (Å²) in [5, 5.41) is 3.40. The smallest absolute Gasteiger partial charge is 0.0101 e. The highest BCUT2D eigenvalue weighted by Crippen LogP contribution is 2.44. The van der Waals surface area contributed by atoms with Crippen LogP contribution >= 0.6 is 0 Å². The molecule has 3 unspecified atom stereocenters. The molecule has 1 aliphatic rings. The van der Waals surface area contributed by atoms with E-state index in [1.807, 2.05) is 0 Å². The molecule has 88 valence electrons. The van der Waals surface area contributed by atoms with Crippen molar-refractivity contribution in [3.63, 3.8) is 0 Å². The van der Waals surface area contributed by atoms with E-state index < -0.39 is 0 Å². The quantitative estimate of drug-likeness (QED) is 0.801. The Balaban J connectivity index is 2.29. The van der Waals surface area contributed by atoms with Crippen molar-refractivity contribution in [2.45, 2.75) is 46.1 Å². The van der Waals surface area contributed by atoms with E-state index in [9.17, 15) is 0 Å². The number of hydrogen-bond acceptors (Lipinski definition) is 1. The number of rotatable bonds is 2. The molecule has 0 aromatic heterocycles. The lowest BCUT2D eigenvalue weighted by atomic mass is 9.65. The average Bonchev–Trinajstić information content (AvgIpc) is 2.20. The van der Waals surface area contributed by atoms with Gasteiger partial charge in [0.15, 0.2) is 0 Å². The van der Waals surface area contributed by atoms with Gasteiger partial charge in [0.05, 0.1) is 0 Å². The Morgan fingerprint density at radius 2 is 1.69 bits per heavy atom. The van der Waals surface area contributed by atoms with Crippen LogP contribution in [0.1, 0.15) is 41.5 Å². The van der Waals surface area contributed by atoms with E-state index in [-0.39, 0.29) is 0 Å². The van der Waals surface area contributed by atoms with Crippen molar-refractivity contribution >= 4 is 0 Å². The largest absolute Gasteiger partial charge is 0.317 e. The Labute approximate surface area is 99.3 Å². The summed E-state index contributed by atoms with van der Waals surface area (Å²) in [5.74, 6) is 1.53. The lowest BCUT2D eigenvalue weighted by Gasteiger charge is -2.44. The van der Waals surface area contributed by atoms with Crippen LogP contribution in [0.4, 0.5) is 0 Å². The lowest BCUT2D eigenvalue weighted by molar-refractivity contribution is 0.193.